The predicted octanol–water partition coefficient (Wildman–Crippen LogP) is 6.82. The second-order valence-corrected chi connectivity index (χ2v) is 7.14. The molecule has 0 saturated heterocycles. The summed E-state index contributed by atoms with van der Waals surface area (Å²) in [6.45, 7) is 0. The van der Waals surface area contributed by atoms with Gasteiger partial charge in [0.2, 0.25) is 10.6 Å². The zero-order valence-corrected chi connectivity index (χ0v) is 16.1. The van der Waals surface area contributed by atoms with Crippen LogP contribution in [0.3, 0.4) is 0 Å². The minimum Gasteiger partial charge on any atom is -0.198 e. The van der Waals surface area contributed by atoms with Crippen molar-refractivity contribution in [2.45, 2.75) is 0 Å². The van der Waals surface area contributed by atoms with Crippen LogP contribution in [0.15, 0.2) is 78.9 Å². The molecule has 28 heavy (non-hydrogen) atoms. The molecule has 5 aromatic rings. The number of rotatable bonds is 2. The van der Waals surface area contributed by atoms with Gasteiger partial charge in [0.25, 0.3) is 0 Å². The lowest BCUT2D eigenvalue weighted by Crippen LogP contribution is -1.93. The molecule has 0 radical (unpaired) electrons. The summed E-state index contributed by atoms with van der Waals surface area (Å²) in [6, 6.07) is 27.3. The monoisotopic (exact) mass is 401 g/mol. The molecule has 5 rings (SSSR count). The average molecular weight is 402 g/mol. The lowest BCUT2D eigenvalue weighted by Gasteiger charge is -2.11. The molecule has 5 heteroatoms. The van der Waals surface area contributed by atoms with Gasteiger partial charge in [-0.25, -0.2) is 0 Å². The Hall–Kier alpha value is -3.01. The molecule has 0 aliphatic heterocycles. The van der Waals surface area contributed by atoms with Crippen LogP contribution in [-0.2, 0) is 0 Å². The van der Waals surface area contributed by atoms with Gasteiger partial charge >= 0.3 is 0 Å². The Morgan fingerprint density at radius 2 is 1.11 bits per heavy atom. The molecule has 1 aromatic heterocycles. The quantitative estimate of drug-likeness (QED) is 0.304. The maximum atomic E-state index is 5.90. The maximum Gasteiger partial charge on any atom is 0.227 e. The molecular formula is C23H13Cl2N3. The number of aromatic nitrogens is 3. The van der Waals surface area contributed by atoms with E-state index in [0.717, 1.165) is 11.1 Å². The van der Waals surface area contributed by atoms with E-state index in [2.05, 4.69) is 81.7 Å². The van der Waals surface area contributed by atoms with E-state index in [9.17, 15) is 0 Å². The van der Waals surface area contributed by atoms with Crippen molar-refractivity contribution in [1.29, 1.82) is 0 Å². The molecule has 0 N–H and O–H groups in total. The summed E-state index contributed by atoms with van der Waals surface area (Å²) < 4.78 is 0. The summed E-state index contributed by atoms with van der Waals surface area (Å²) in [5.41, 5.74) is 3.14. The molecule has 1 heterocycles. The minimum absolute atomic E-state index is 0.0830. The fourth-order valence-electron chi connectivity index (χ4n) is 3.55. The zero-order valence-electron chi connectivity index (χ0n) is 14.6. The summed E-state index contributed by atoms with van der Waals surface area (Å²) in [5.74, 6) is 0.458. The number of hydrogen-bond acceptors (Lipinski definition) is 3. The van der Waals surface area contributed by atoms with Gasteiger partial charge in [-0.2, -0.15) is 15.0 Å². The molecular weight excluding hydrogens is 389 g/mol. The molecule has 3 nitrogen and oxygen atoms in total. The van der Waals surface area contributed by atoms with Crippen molar-refractivity contribution in [3.8, 4) is 22.5 Å². The predicted molar refractivity (Wildman–Crippen MR) is 116 cm³/mol. The molecule has 0 amide bonds. The molecule has 0 fully saturated rings. The molecule has 4 aromatic carbocycles. The van der Waals surface area contributed by atoms with Gasteiger partial charge in [0.05, 0.1) is 0 Å². The number of hydrogen-bond donors (Lipinski definition) is 0. The topological polar surface area (TPSA) is 38.7 Å². The van der Waals surface area contributed by atoms with Gasteiger partial charge in [0, 0.05) is 5.56 Å². The van der Waals surface area contributed by atoms with Crippen LogP contribution in [0.4, 0.5) is 0 Å². The van der Waals surface area contributed by atoms with Crippen molar-refractivity contribution < 1.29 is 0 Å². The molecule has 0 spiro atoms. The van der Waals surface area contributed by atoms with Gasteiger partial charge in [-0.3, -0.25) is 0 Å². The summed E-state index contributed by atoms with van der Waals surface area (Å²) in [6.07, 6.45) is 0. The van der Waals surface area contributed by atoms with E-state index in [0.29, 0.717) is 5.82 Å². The van der Waals surface area contributed by atoms with Crippen LogP contribution in [0, 0.1) is 0 Å². The normalized spacial score (nSPS) is 11.2. The van der Waals surface area contributed by atoms with Crippen LogP contribution in [0.25, 0.3) is 44.1 Å². The molecule has 0 saturated carbocycles. The van der Waals surface area contributed by atoms with E-state index >= 15 is 0 Å². The Kier molecular flexibility index (Phi) is 4.19. The first-order valence-electron chi connectivity index (χ1n) is 8.77. The molecule has 0 bridgehead atoms. The molecule has 0 atom stereocenters. The lowest BCUT2D eigenvalue weighted by molar-refractivity contribution is 1.06. The summed E-state index contributed by atoms with van der Waals surface area (Å²) in [5, 5.41) is 5.11. The first kappa shape index (κ1) is 17.1. The van der Waals surface area contributed by atoms with E-state index in [4.69, 9.17) is 23.2 Å². The first-order chi connectivity index (χ1) is 13.7. The van der Waals surface area contributed by atoms with Crippen LogP contribution >= 0.6 is 23.2 Å². The third kappa shape index (κ3) is 2.99. The molecule has 0 aliphatic rings. The van der Waals surface area contributed by atoms with Crippen molar-refractivity contribution in [3.05, 3.63) is 89.4 Å². The number of fused-ring (bicyclic) bond motifs is 3. The van der Waals surface area contributed by atoms with E-state index < -0.39 is 0 Å². The fraction of sp³-hybridized carbons (Fsp3) is 0. The van der Waals surface area contributed by atoms with E-state index in [1.165, 1.54) is 27.1 Å². The highest BCUT2D eigenvalue weighted by molar-refractivity contribution is 6.31. The Labute approximate surface area is 171 Å². The largest absolute Gasteiger partial charge is 0.227 e. The highest BCUT2D eigenvalue weighted by Gasteiger charge is 2.10. The van der Waals surface area contributed by atoms with Crippen molar-refractivity contribution in [2.24, 2.45) is 0 Å². The van der Waals surface area contributed by atoms with Gasteiger partial charge in [-0.15, -0.1) is 0 Å². The molecule has 0 unspecified atom stereocenters. The average Bonchev–Trinajstić information content (AvgIpc) is 2.73. The Balaban J connectivity index is 1.67. The van der Waals surface area contributed by atoms with Gasteiger partial charge in [-0.1, -0.05) is 72.8 Å². The first-order valence-corrected chi connectivity index (χ1v) is 9.53. The number of halogens is 2. The van der Waals surface area contributed by atoms with Crippen LogP contribution < -0.4 is 0 Å². The van der Waals surface area contributed by atoms with E-state index in [-0.39, 0.29) is 10.6 Å². The highest BCUT2D eigenvalue weighted by atomic mass is 35.5. The van der Waals surface area contributed by atoms with Gasteiger partial charge < -0.3 is 0 Å². The van der Waals surface area contributed by atoms with Crippen LogP contribution in [0.1, 0.15) is 0 Å². The third-order valence-electron chi connectivity index (χ3n) is 4.80. The second-order valence-electron chi connectivity index (χ2n) is 6.47. The Morgan fingerprint density at radius 1 is 0.536 bits per heavy atom. The minimum atomic E-state index is 0.0830. The van der Waals surface area contributed by atoms with E-state index in [1.807, 2.05) is 12.1 Å². The summed E-state index contributed by atoms with van der Waals surface area (Å²) >= 11 is 11.8. The number of nitrogens with zero attached hydrogens (tertiary/aromatic N) is 3. The fourth-order valence-corrected chi connectivity index (χ4v) is 3.91. The Bertz CT molecular complexity index is 1310. The third-order valence-corrected chi connectivity index (χ3v) is 5.14. The SMILES string of the molecule is Clc1nc(Cl)nc(-c2ccc(-c3cc4ccccc4c4ccccc34)cc2)n1. The van der Waals surface area contributed by atoms with Crippen molar-refractivity contribution in [3.63, 3.8) is 0 Å². The molecule has 134 valence electrons. The van der Waals surface area contributed by atoms with Crippen LogP contribution in [0.2, 0.25) is 10.6 Å². The van der Waals surface area contributed by atoms with Crippen molar-refractivity contribution in [1.82, 2.24) is 15.0 Å². The number of benzene rings is 4. The summed E-state index contributed by atoms with van der Waals surface area (Å²) in [4.78, 5) is 12.1. The van der Waals surface area contributed by atoms with Crippen LogP contribution in [0.5, 0.6) is 0 Å². The van der Waals surface area contributed by atoms with E-state index in [1.54, 1.807) is 0 Å². The second kappa shape index (κ2) is 6.86. The zero-order chi connectivity index (χ0) is 19.1. The Morgan fingerprint density at radius 3 is 1.82 bits per heavy atom. The van der Waals surface area contributed by atoms with Gasteiger partial charge in [0.1, 0.15) is 0 Å². The molecule has 0 aliphatic carbocycles. The maximum absolute atomic E-state index is 5.90. The van der Waals surface area contributed by atoms with Crippen LogP contribution in [-0.4, -0.2) is 15.0 Å². The smallest absolute Gasteiger partial charge is 0.198 e. The lowest BCUT2D eigenvalue weighted by atomic mass is 9.93. The van der Waals surface area contributed by atoms with Crippen molar-refractivity contribution >= 4 is 44.7 Å². The van der Waals surface area contributed by atoms with Gasteiger partial charge in [-0.05, 0) is 61.9 Å². The highest BCUT2D eigenvalue weighted by Crippen LogP contribution is 2.35. The van der Waals surface area contributed by atoms with Crippen molar-refractivity contribution in [2.75, 3.05) is 0 Å². The summed E-state index contributed by atoms with van der Waals surface area (Å²) in [7, 11) is 0. The van der Waals surface area contributed by atoms with Gasteiger partial charge in [0.15, 0.2) is 5.82 Å². The standard InChI is InChI=1S/C23H13Cl2N3/c24-22-26-21(27-23(25)28-22)15-11-9-14(10-12-15)20-13-16-5-1-2-6-17(16)18-7-3-4-8-19(18)20/h1-13H.